The van der Waals surface area contributed by atoms with Crippen LogP contribution in [0.1, 0.15) is 19.4 Å². The fourth-order valence-corrected chi connectivity index (χ4v) is 4.98. The Balaban J connectivity index is 1.69. The number of hydrazone groups is 1. The quantitative estimate of drug-likeness (QED) is 0.291. The number of rotatable bonds is 9. The van der Waals surface area contributed by atoms with Crippen molar-refractivity contribution in [2.45, 2.75) is 18.7 Å². The topological polar surface area (TPSA) is 118 Å². The number of nitro groups is 1. The van der Waals surface area contributed by atoms with Gasteiger partial charge in [0.15, 0.2) is 0 Å². The Labute approximate surface area is 184 Å². The molecule has 1 aromatic heterocycles. The van der Waals surface area contributed by atoms with Gasteiger partial charge in [0.1, 0.15) is 0 Å². The average Bonchev–Trinajstić information content (AvgIpc) is 3.23. The van der Waals surface area contributed by atoms with E-state index in [1.54, 1.807) is 50.2 Å². The summed E-state index contributed by atoms with van der Waals surface area (Å²) >= 11 is 1.34. The Kier molecular flexibility index (Phi) is 7.10. The number of nitro benzene ring substituents is 1. The zero-order valence-corrected chi connectivity index (χ0v) is 18.6. The Bertz CT molecular complexity index is 1190. The molecule has 2 aromatic carbocycles. The third kappa shape index (κ3) is 5.32. The molecule has 162 valence electrons. The van der Waals surface area contributed by atoms with Crippen LogP contribution >= 0.6 is 11.3 Å². The standard InChI is InChI=1S/C20H21N5O4S2/c1-3-24(4-2)31(28,29)18-10-8-16(9-11-18)19-14-30-20(22-19)23-21-13-15-6-5-7-17(12-15)25(26)27/h5-14H,3-4H2,1-2H3,(H,22,23)/b21-13+. The van der Waals surface area contributed by atoms with E-state index in [1.807, 2.05) is 5.38 Å². The summed E-state index contributed by atoms with van der Waals surface area (Å²) in [4.78, 5) is 15.1. The molecule has 0 fully saturated rings. The lowest BCUT2D eigenvalue weighted by atomic mass is 10.2. The highest BCUT2D eigenvalue weighted by atomic mass is 32.2. The van der Waals surface area contributed by atoms with Crippen LogP contribution in [0.3, 0.4) is 0 Å². The van der Waals surface area contributed by atoms with Gasteiger partial charge in [0, 0.05) is 41.7 Å². The molecule has 0 aliphatic rings. The van der Waals surface area contributed by atoms with E-state index in [2.05, 4.69) is 15.5 Å². The summed E-state index contributed by atoms with van der Waals surface area (Å²) in [5.41, 5.74) is 4.85. The van der Waals surface area contributed by atoms with Gasteiger partial charge >= 0.3 is 0 Å². The van der Waals surface area contributed by atoms with Crippen molar-refractivity contribution in [3.63, 3.8) is 0 Å². The lowest BCUT2D eigenvalue weighted by Crippen LogP contribution is -2.30. The first kappa shape index (κ1) is 22.5. The largest absolute Gasteiger partial charge is 0.270 e. The fraction of sp³-hybridized carbons (Fsp3) is 0.200. The number of nitrogens with one attached hydrogen (secondary N) is 1. The summed E-state index contributed by atoms with van der Waals surface area (Å²) in [5.74, 6) is 0. The van der Waals surface area contributed by atoms with Gasteiger partial charge in [0.2, 0.25) is 15.2 Å². The molecule has 0 atom stereocenters. The van der Waals surface area contributed by atoms with Gasteiger partial charge < -0.3 is 0 Å². The number of anilines is 1. The van der Waals surface area contributed by atoms with Crippen LogP contribution in [0.25, 0.3) is 11.3 Å². The minimum Gasteiger partial charge on any atom is -0.258 e. The van der Waals surface area contributed by atoms with Gasteiger partial charge in [-0.05, 0) is 12.1 Å². The number of non-ortho nitro benzene ring substituents is 1. The van der Waals surface area contributed by atoms with Crippen molar-refractivity contribution in [3.05, 3.63) is 69.6 Å². The third-order valence-corrected chi connectivity index (χ3v) is 7.26. The highest BCUT2D eigenvalue weighted by molar-refractivity contribution is 7.89. The second-order valence-corrected chi connectivity index (χ2v) is 9.17. The summed E-state index contributed by atoms with van der Waals surface area (Å²) in [6.45, 7) is 4.44. The Morgan fingerprint density at radius 2 is 1.90 bits per heavy atom. The summed E-state index contributed by atoms with van der Waals surface area (Å²) in [6.07, 6.45) is 1.47. The monoisotopic (exact) mass is 459 g/mol. The Morgan fingerprint density at radius 3 is 2.55 bits per heavy atom. The molecule has 0 aliphatic carbocycles. The van der Waals surface area contributed by atoms with Crippen molar-refractivity contribution in [2.75, 3.05) is 18.5 Å². The van der Waals surface area contributed by atoms with Crippen LogP contribution in [-0.4, -0.2) is 41.9 Å². The van der Waals surface area contributed by atoms with Crippen molar-refractivity contribution >= 4 is 38.4 Å². The summed E-state index contributed by atoms with van der Waals surface area (Å²) < 4.78 is 26.6. The number of benzene rings is 2. The second-order valence-electron chi connectivity index (χ2n) is 6.37. The van der Waals surface area contributed by atoms with Crippen LogP contribution in [0, 0.1) is 10.1 Å². The maximum atomic E-state index is 12.6. The molecule has 0 bridgehead atoms. The molecule has 1 heterocycles. The van der Waals surface area contributed by atoms with Crippen LogP contribution < -0.4 is 5.43 Å². The van der Waals surface area contributed by atoms with Crippen LogP contribution in [0.2, 0.25) is 0 Å². The fourth-order valence-electron chi connectivity index (χ4n) is 2.85. The molecular formula is C20H21N5O4S2. The van der Waals surface area contributed by atoms with E-state index >= 15 is 0 Å². The number of nitrogens with zero attached hydrogens (tertiary/aromatic N) is 4. The molecular weight excluding hydrogens is 438 g/mol. The first-order chi connectivity index (χ1) is 14.8. The number of aromatic nitrogens is 1. The van der Waals surface area contributed by atoms with E-state index in [1.165, 1.54) is 34.0 Å². The predicted octanol–water partition coefficient (Wildman–Crippen LogP) is 4.19. The number of hydrogen-bond acceptors (Lipinski definition) is 8. The highest BCUT2D eigenvalue weighted by Crippen LogP contribution is 2.26. The van der Waals surface area contributed by atoms with Crippen molar-refractivity contribution in [3.8, 4) is 11.3 Å². The predicted molar refractivity (Wildman–Crippen MR) is 122 cm³/mol. The Morgan fingerprint density at radius 1 is 1.19 bits per heavy atom. The van der Waals surface area contributed by atoms with Crippen molar-refractivity contribution in [2.24, 2.45) is 5.10 Å². The molecule has 0 saturated carbocycles. The lowest BCUT2D eigenvalue weighted by Gasteiger charge is -2.18. The van der Waals surface area contributed by atoms with Gasteiger partial charge in [-0.1, -0.05) is 38.1 Å². The van der Waals surface area contributed by atoms with Gasteiger partial charge in [-0.2, -0.15) is 9.41 Å². The lowest BCUT2D eigenvalue weighted by molar-refractivity contribution is -0.384. The van der Waals surface area contributed by atoms with E-state index in [-0.39, 0.29) is 10.6 Å². The maximum absolute atomic E-state index is 12.6. The highest BCUT2D eigenvalue weighted by Gasteiger charge is 2.21. The van der Waals surface area contributed by atoms with E-state index in [9.17, 15) is 18.5 Å². The Hall–Kier alpha value is -3.15. The van der Waals surface area contributed by atoms with E-state index in [4.69, 9.17) is 0 Å². The minimum atomic E-state index is -3.50. The molecule has 0 radical (unpaired) electrons. The zero-order valence-electron chi connectivity index (χ0n) is 16.9. The molecule has 9 nitrogen and oxygen atoms in total. The van der Waals surface area contributed by atoms with E-state index < -0.39 is 14.9 Å². The molecule has 3 rings (SSSR count). The molecule has 1 N–H and O–H groups in total. The molecule has 11 heteroatoms. The van der Waals surface area contributed by atoms with Gasteiger partial charge in [0.25, 0.3) is 5.69 Å². The molecule has 0 spiro atoms. The van der Waals surface area contributed by atoms with Crippen molar-refractivity contribution in [1.82, 2.24) is 9.29 Å². The average molecular weight is 460 g/mol. The third-order valence-electron chi connectivity index (χ3n) is 4.45. The van der Waals surface area contributed by atoms with Crippen LogP contribution in [-0.2, 0) is 10.0 Å². The van der Waals surface area contributed by atoms with Crippen molar-refractivity contribution < 1.29 is 13.3 Å². The molecule has 31 heavy (non-hydrogen) atoms. The smallest absolute Gasteiger partial charge is 0.258 e. The molecule has 0 saturated heterocycles. The minimum absolute atomic E-state index is 0.00746. The molecule has 3 aromatic rings. The van der Waals surface area contributed by atoms with Gasteiger partial charge in [0.05, 0.1) is 21.7 Å². The number of sulfonamides is 1. The number of thiazole rings is 1. The maximum Gasteiger partial charge on any atom is 0.270 e. The van der Waals surface area contributed by atoms with Gasteiger partial charge in [-0.3, -0.25) is 15.5 Å². The van der Waals surface area contributed by atoms with Crippen LogP contribution in [0.15, 0.2) is 63.9 Å². The molecule has 0 unspecified atom stereocenters. The zero-order chi connectivity index (χ0) is 22.4. The summed E-state index contributed by atoms with van der Waals surface area (Å²) in [5, 5.41) is 17.3. The first-order valence-corrected chi connectivity index (χ1v) is 11.8. The summed E-state index contributed by atoms with van der Waals surface area (Å²) in [7, 11) is -3.50. The first-order valence-electron chi connectivity index (χ1n) is 9.44. The normalized spacial score (nSPS) is 11.8. The van der Waals surface area contributed by atoms with E-state index in [0.29, 0.717) is 29.5 Å². The van der Waals surface area contributed by atoms with E-state index in [0.717, 1.165) is 5.56 Å². The summed E-state index contributed by atoms with van der Waals surface area (Å²) in [6, 6.07) is 12.7. The molecule has 0 amide bonds. The number of hydrogen-bond donors (Lipinski definition) is 1. The van der Waals surface area contributed by atoms with Gasteiger partial charge in [-0.15, -0.1) is 11.3 Å². The van der Waals surface area contributed by atoms with Gasteiger partial charge in [-0.25, -0.2) is 13.4 Å². The molecule has 0 aliphatic heterocycles. The SMILES string of the molecule is CCN(CC)S(=O)(=O)c1ccc(-c2csc(N/N=C/c3cccc([N+](=O)[O-])c3)n2)cc1. The van der Waals surface area contributed by atoms with Crippen LogP contribution in [0.5, 0.6) is 0 Å². The second kappa shape index (κ2) is 9.77. The van der Waals surface area contributed by atoms with Crippen LogP contribution in [0.4, 0.5) is 10.8 Å². The van der Waals surface area contributed by atoms with Crippen molar-refractivity contribution in [1.29, 1.82) is 0 Å².